The predicted octanol–water partition coefficient (Wildman–Crippen LogP) is 2.49. The minimum atomic E-state index is -0.580. The fourth-order valence-corrected chi connectivity index (χ4v) is 2.80. The van der Waals surface area contributed by atoms with Crippen molar-refractivity contribution in [3.05, 3.63) is 0 Å². The van der Waals surface area contributed by atoms with Crippen LogP contribution >= 0.6 is 0 Å². The molecule has 0 aliphatic carbocycles. The van der Waals surface area contributed by atoms with Crippen molar-refractivity contribution >= 4 is 0 Å². The molecule has 19 heavy (non-hydrogen) atoms. The highest BCUT2D eigenvalue weighted by Crippen LogP contribution is 2.20. The van der Waals surface area contributed by atoms with Crippen LogP contribution in [0.3, 0.4) is 0 Å². The van der Waals surface area contributed by atoms with E-state index in [4.69, 9.17) is 0 Å². The Bertz CT molecular complexity index is 245. The van der Waals surface area contributed by atoms with E-state index in [9.17, 15) is 5.11 Å². The summed E-state index contributed by atoms with van der Waals surface area (Å²) >= 11 is 0. The van der Waals surface area contributed by atoms with E-state index in [-0.39, 0.29) is 0 Å². The lowest BCUT2D eigenvalue weighted by atomic mass is 9.88. The molecular formula is C16H34N2O. The first-order valence-electron chi connectivity index (χ1n) is 8.03. The Morgan fingerprint density at radius 1 is 1.26 bits per heavy atom. The van der Waals surface area contributed by atoms with Crippen LogP contribution in [0.25, 0.3) is 0 Å². The summed E-state index contributed by atoms with van der Waals surface area (Å²) in [5.74, 6) is 1.11. The lowest BCUT2D eigenvalue weighted by Gasteiger charge is -2.36. The van der Waals surface area contributed by atoms with E-state index in [1.807, 2.05) is 6.92 Å². The fourth-order valence-electron chi connectivity index (χ4n) is 2.80. The Kier molecular flexibility index (Phi) is 6.78. The quantitative estimate of drug-likeness (QED) is 0.746. The van der Waals surface area contributed by atoms with Crippen LogP contribution in [-0.4, -0.2) is 47.8 Å². The number of nitrogens with one attached hydrogen (secondary N) is 1. The highest BCUT2D eigenvalue weighted by molar-refractivity contribution is 4.85. The molecule has 1 rings (SSSR count). The molecule has 1 heterocycles. The second-order valence-corrected chi connectivity index (χ2v) is 7.02. The molecule has 3 nitrogen and oxygen atoms in total. The maximum Gasteiger partial charge on any atom is 0.0768 e. The van der Waals surface area contributed by atoms with E-state index in [2.05, 4.69) is 37.9 Å². The van der Waals surface area contributed by atoms with Crippen LogP contribution in [0.5, 0.6) is 0 Å². The van der Waals surface area contributed by atoms with Gasteiger partial charge in [0, 0.05) is 19.1 Å². The van der Waals surface area contributed by atoms with Gasteiger partial charge in [0.25, 0.3) is 0 Å². The maximum absolute atomic E-state index is 10.4. The summed E-state index contributed by atoms with van der Waals surface area (Å²) in [6, 6.07) is 0.582. The van der Waals surface area contributed by atoms with Gasteiger partial charge in [-0.25, -0.2) is 0 Å². The molecule has 0 aromatic heterocycles. The minimum Gasteiger partial charge on any atom is -0.389 e. The number of rotatable bonds is 7. The first kappa shape index (κ1) is 16.9. The van der Waals surface area contributed by atoms with Crippen LogP contribution in [-0.2, 0) is 0 Å². The Morgan fingerprint density at radius 2 is 1.84 bits per heavy atom. The van der Waals surface area contributed by atoms with Crippen molar-refractivity contribution < 1.29 is 5.11 Å². The van der Waals surface area contributed by atoms with Crippen LogP contribution in [0.15, 0.2) is 0 Å². The highest BCUT2D eigenvalue weighted by atomic mass is 16.3. The molecule has 0 spiro atoms. The molecule has 0 bridgehead atoms. The summed E-state index contributed by atoms with van der Waals surface area (Å²) in [5.41, 5.74) is -0.580. The molecule has 2 atom stereocenters. The van der Waals surface area contributed by atoms with Gasteiger partial charge >= 0.3 is 0 Å². The zero-order chi connectivity index (χ0) is 14.5. The van der Waals surface area contributed by atoms with Gasteiger partial charge in [0.05, 0.1) is 5.60 Å². The number of aliphatic hydroxyl groups is 1. The smallest absolute Gasteiger partial charge is 0.0768 e. The first-order valence-corrected chi connectivity index (χ1v) is 8.03. The Balaban J connectivity index is 2.26. The van der Waals surface area contributed by atoms with E-state index >= 15 is 0 Å². The fraction of sp³-hybridized carbons (Fsp3) is 1.00. The highest BCUT2D eigenvalue weighted by Gasteiger charge is 2.28. The van der Waals surface area contributed by atoms with Gasteiger partial charge in [-0.3, -0.25) is 0 Å². The summed E-state index contributed by atoms with van der Waals surface area (Å²) in [6.45, 7) is 15.1. The van der Waals surface area contributed by atoms with Crippen LogP contribution in [0.2, 0.25) is 0 Å². The molecule has 0 saturated carbocycles. The van der Waals surface area contributed by atoms with Crippen LogP contribution < -0.4 is 5.32 Å². The van der Waals surface area contributed by atoms with Crippen molar-refractivity contribution in [3.63, 3.8) is 0 Å². The molecule has 1 saturated heterocycles. The molecule has 114 valence electrons. The molecule has 1 fully saturated rings. The number of piperidine rings is 1. The number of hydrogen-bond donors (Lipinski definition) is 2. The zero-order valence-corrected chi connectivity index (χ0v) is 13.6. The molecular weight excluding hydrogens is 236 g/mol. The summed E-state index contributed by atoms with van der Waals surface area (Å²) in [7, 11) is 0. The topological polar surface area (TPSA) is 35.5 Å². The van der Waals surface area contributed by atoms with Gasteiger partial charge in [0.15, 0.2) is 0 Å². The lowest BCUT2D eigenvalue weighted by Crippen LogP contribution is -2.50. The Hall–Kier alpha value is -0.120. The molecule has 3 heteroatoms. The Labute approximate surface area is 119 Å². The van der Waals surface area contributed by atoms with Gasteiger partial charge < -0.3 is 15.3 Å². The van der Waals surface area contributed by atoms with Gasteiger partial charge in [0.2, 0.25) is 0 Å². The van der Waals surface area contributed by atoms with Crippen LogP contribution in [0, 0.1) is 11.8 Å². The monoisotopic (exact) mass is 270 g/mol. The Morgan fingerprint density at radius 3 is 2.32 bits per heavy atom. The molecule has 2 N–H and O–H groups in total. The van der Waals surface area contributed by atoms with Gasteiger partial charge in [0.1, 0.15) is 0 Å². The van der Waals surface area contributed by atoms with E-state index < -0.39 is 5.60 Å². The molecule has 1 aliphatic rings. The second kappa shape index (κ2) is 7.61. The third-order valence-corrected chi connectivity index (χ3v) is 4.63. The summed E-state index contributed by atoms with van der Waals surface area (Å²) in [5, 5.41) is 14.0. The van der Waals surface area contributed by atoms with Crippen molar-refractivity contribution in [3.8, 4) is 0 Å². The lowest BCUT2D eigenvalue weighted by molar-refractivity contribution is 0.00126. The molecule has 0 radical (unpaired) electrons. The van der Waals surface area contributed by atoms with E-state index in [1.54, 1.807) is 0 Å². The zero-order valence-electron chi connectivity index (χ0n) is 13.6. The maximum atomic E-state index is 10.4. The standard InChI is InChI=1S/C16H34N2O/c1-6-14(4)16(5,19)12-17-15-7-9-18(10-8-15)11-13(2)3/h13-15,17,19H,6-12H2,1-5H3. The molecule has 0 aromatic carbocycles. The SMILES string of the molecule is CCC(C)C(C)(O)CNC1CCN(CC(C)C)CC1. The summed E-state index contributed by atoms with van der Waals surface area (Å²) in [4.78, 5) is 2.57. The molecule has 2 unspecified atom stereocenters. The average molecular weight is 270 g/mol. The van der Waals surface area contributed by atoms with Gasteiger partial charge in [-0.15, -0.1) is 0 Å². The van der Waals surface area contributed by atoms with Crippen LogP contribution in [0.4, 0.5) is 0 Å². The second-order valence-electron chi connectivity index (χ2n) is 7.02. The molecule has 1 aliphatic heterocycles. The van der Waals surface area contributed by atoms with Crippen molar-refractivity contribution in [1.29, 1.82) is 0 Å². The predicted molar refractivity (Wildman–Crippen MR) is 82.4 cm³/mol. The van der Waals surface area contributed by atoms with E-state index in [1.165, 1.54) is 32.5 Å². The first-order chi connectivity index (χ1) is 8.85. The van der Waals surface area contributed by atoms with Crippen LogP contribution in [0.1, 0.15) is 53.9 Å². The van der Waals surface area contributed by atoms with Crippen molar-refractivity contribution in [2.24, 2.45) is 11.8 Å². The van der Waals surface area contributed by atoms with Crippen molar-refractivity contribution in [1.82, 2.24) is 10.2 Å². The van der Waals surface area contributed by atoms with Crippen molar-refractivity contribution in [2.45, 2.75) is 65.5 Å². The number of nitrogens with zero attached hydrogens (tertiary/aromatic N) is 1. The average Bonchev–Trinajstić information content (AvgIpc) is 2.36. The van der Waals surface area contributed by atoms with Crippen molar-refractivity contribution in [2.75, 3.05) is 26.2 Å². The third kappa shape index (κ3) is 5.80. The number of likely N-dealkylation sites (tertiary alicyclic amines) is 1. The molecule has 0 aromatic rings. The van der Waals surface area contributed by atoms with E-state index in [0.29, 0.717) is 12.0 Å². The minimum absolute atomic E-state index is 0.348. The van der Waals surface area contributed by atoms with Gasteiger partial charge in [-0.2, -0.15) is 0 Å². The van der Waals surface area contributed by atoms with Gasteiger partial charge in [-0.05, 0) is 44.7 Å². The number of hydrogen-bond acceptors (Lipinski definition) is 3. The summed E-state index contributed by atoms with van der Waals surface area (Å²) < 4.78 is 0. The molecule has 0 amide bonds. The van der Waals surface area contributed by atoms with Gasteiger partial charge in [-0.1, -0.05) is 34.1 Å². The largest absolute Gasteiger partial charge is 0.389 e. The summed E-state index contributed by atoms with van der Waals surface area (Å²) in [6.07, 6.45) is 3.45. The third-order valence-electron chi connectivity index (χ3n) is 4.63. The normalized spacial score (nSPS) is 23.5. The van der Waals surface area contributed by atoms with E-state index in [0.717, 1.165) is 18.9 Å².